The molecule has 17 heavy (non-hydrogen) atoms. The first-order valence-electron chi connectivity index (χ1n) is 5.65. The van der Waals surface area contributed by atoms with Gasteiger partial charge in [0.1, 0.15) is 6.61 Å². The molecule has 0 aliphatic rings. The van der Waals surface area contributed by atoms with E-state index in [1.54, 1.807) is 0 Å². The molecule has 0 aliphatic carbocycles. The molecule has 0 saturated carbocycles. The van der Waals surface area contributed by atoms with Crippen LogP contribution in [0.25, 0.3) is 0 Å². The first-order chi connectivity index (χ1) is 7.99. The molecular weight excluding hydrogens is 282 g/mol. The van der Waals surface area contributed by atoms with Crippen molar-refractivity contribution >= 4 is 21.8 Å². The summed E-state index contributed by atoms with van der Waals surface area (Å²) in [6, 6.07) is 7.87. The molecule has 1 aromatic rings. The Morgan fingerprint density at radius 3 is 2.71 bits per heavy atom. The fraction of sp³-hybridized carbons (Fsp3) is 0.462. The average Bonchev–Trinajstić information content (AvgIpc) is 2.26. The molecule has 1 atom stereocenters. The molecule has 0 fully saturated rings. The number of carbonyl (C=O) groups is 1. The maximum absolute atomic E-state index is 11.6. The molecule has 1 N–H and O–H groups in total. The van der Waals surface area contributed by atoms with Crippen molar-refractivity contribution in [1.29, 1.82) is 0 Å². The number of ether oxygens (including phenoxy) is 1. The number of amides is 1. The van der Waals surface area contributed by atoms with Crippen LogP contribution in [0.15, 0.2) is 28.7 Å². The number of carbonyl (C=O) groups excluding carboxylic acids is 1. The normalized spacial score (nSPS) is 12.5. The summed E-state index contributed by atoms with van der Waals surface area (Å²) >= 11 is 3.41. The van der Waals surface area contributed by atoms with Crippen LogP contribution in [0, 0.1) is 0 Å². The van der Waals surface area contributed by atoms with E-state index in [1.807, 2.05) is 45.0 Å². The number of hydrogen-bond acceptors (Lipinski definition) is 2. The van der Waals surface area contributed by atoms with E-state index in [2.05, 4.69) is 21.2 Å². The molecule has 1 aromatic carbocycles. The second-order valence-corrected chi connectivity index (χ2v) is 5.12. The molecule has 1 rings (SSSR count). The van der Waals surface area contributed by atoms with Gasteiger partial charge in [-0.2, -0.15) is 0 Å². The van der Waals surface area contributed by atoms with Crippen molar-refractivity contribution in [3.63, 3.8) is 0 Å². The van der Waals surface area contributed by atoms with Crippen molar-refractivity contribution in [1.82, 2.24) is 5.32 Å². The molecule has 0 aliphatic heterocycles. The quantitative estimate of drug-likeness (QED) is 0.907. The van der Waals surface area contributed by atoms with E-state index in [1.165, 1.54) is 0 Å². The molecule has 1 amide bonds. The van der Waals surface area contributed by atoms with Crippen molar-refractivity contribution in [3.05, 3.63) is 34.3 Å². The Bertz CT molecular complexity index is 379. The molecule has 3 nitrogen and oxygen atoms in total. The predicted octanol–water partition coefficient (Wildman–Crippen LogP) is 3.05. The van der Waals surface area contributed by atoms with Gasteiger partial charge in [0, 0.05) is 4.47 Å². The molecule has 0 aromatic heterocycles. The minimum atomic E-state index is -0.0915. The molecule has 0 heterocycles. The third-order valence-electron chi connectivity index (χ3n) is 2.27. The van der Waals surface area contributed by atoms with Crippen LogP contribution in [0.3, 0.4) is 0 Å². The number of benzene rings is 1. The highest BCUT2D eigenvalue weighted by atomic mass is 79.9. The fourth-order valence-corrected chi connectivity index (χ4v) is 1.80. The van der Waals surface area contributed by atoms with Crippen molar-refractivity contribution in [3.8, 4) is 0 Å². The Kier molecular flexibility index (Phi) is 5.65. The number of nitrogens with one attached hydrogen (secondary N) is 1. The lowest BCUT2D eigenvalue weighted by Crippen LogP contribution is -2.31. The zero-order valence-electron chi connectivity index (χ0n) is 10.4. The molecule has 4 heteroatoms. The number of hydrogen-bond donors (Lipinski definition) is 1. The van der Waals surface area contributed by atoms with Gasteiger partial charge in [0.2, 0.25) is 5.91 Å². The van der Waals surface area contributed by atoms with E-state index in [4.69, 9.17) is 4.74 Å². The third-order valence-corrected chi connectivity index (χ3v) is 2.77. The average molecular weight is 300 g/mol. The number of rotatable bonds is 5. The van der Waals surface area contributed by atoms with Crippen LogP contribution in [0.5, 0.6) is 0 Å². The van der Waals surface area contributed by atoms with Gasteiger partial charge in [-0.05, 0) is 38.5 Å². The van der Waals surface area contributed by atoms with Gasteiger partial charge in [-0.25, -0.2) is 0 Å². The molecule has 0 saturated heterocycles. The van der Waals surface area contributed by atoms with Gasteiger partial charge in [-0.3, -0.25) is 4.79 Å². The monoisotopic (exact) mass is 299 g/mol. The zero-order valence-corrected chi connectivity index (χ0v) is 12.0. The molecule has 0 radical (unpaired) electrons. The van der Waals surface area contributed by atoms with Gasteiger partial charge in [0.25, 0.3) is 0 Å². The lowest BCUT2D eigenvalue weighted by molar-refractivity contribution is -0.127. The SMILES string of the molecule is CC(C)OCC(=O)NC(C)c1cccc(Br)c1. The van der Waals surface area contributed by atoms with Crippen LogP contribution >= 0.6 is 15.9 Å². The van der Waals surface area contributed by atoms with Crippen molar-refractivity contribution in [2.24, 2.45) is 0 Å². The van der Waals surface area contributed by atoms with Gasteiger partial charge < -0.3 is 10.1 Å². The van der Waals surface area contributed by atoms with Crippen molar-refractivity contribution in [2.75, 3.05) is 6.61 Å². The van der Waals surface area contributed by atoms with E-state index in [-0.39, 0.29) is 24.7 Å². The highest BCUT2D eigenvalue weighted by Crippen LogP contribution is 2.17. The molecule has 94 valence electrons. The standard InChI is InChI=1S/C13H18BrNO2/c1-9(2)17-8-13(16)15-10(3)11-5-4-6-12(14)7-11/h4-7,9-10H,8H2,1-3H3,(H,15,16). The smallest absolute Gasteiger partial charge is 0.246 e. The van der Waals surface area contributed by atoms with Crippen LogP contribution < -0.4 is 5.32 Å². The minimum absolute atomic E-state index is 0.0178. The second kappa shape index (κ2) is 6.77. The van der Waals surface area contributed by atoms with Crippen LogP contribution in [-0.4, -0.2) is 18.6 Å². The summed E-state index contributed by atoms with van der Waals surface area (Å²) in [5.74, 6) is -0.0915. The number of halogens is 1. The lowest BCUT2D eigenvalue weighted by Gasteiger charge is -2.15. The van der Waals surface area contributed by atoms with Crippen LogP contribution in [0.1, 0.15) is 32.4 Å². The van der Waals surface area contributed by atoms with Crippen molar-refractivity contribution < 1.29 is 9.53 Å². The van der Waals surface area contributed by atoms with Gasteiger partial charge in [0.15, 0.2) is 0 Å². The van der Waals surface area contributed by atoms with E-state index in [0.29, 0.717) is 0 Å². The fourth-order valence-electron chi connectivity index (χ4n) is 1.38. The maximum Gasteiger partial charge on any atom is 0.246 e. The van der Waals surface area contributed by atoms with Crippen LogP contribution in [0.2, 0.25) is 0 Å². The highest BCUT2D eigenvalue weighted by Gasteiger charge is 2.10. The molecular formula is C13H18BrNO2. The summed E-state index contributed by atoms with van der Waals surface area (Å²) in [4.78, 5) is 11.6. The summed E-state index contributed by atoms with van der Waals surface area (Å²) in [6.45, 7) is 5.88. The molecule has 0 bridgehead atoms. The van der Waals surface area contributed by atoms with Gasteiger partial charge in [0.05, 0.1) is 12.1 Å². The van der Waals surface area contributed by atoms with Crippen molar-refractivity contribution in [2.45, 2.75) is 32.9 Å². The maximum atomic E-state index is 11.6. The highest BCUT2D eigenvalue weighted by molar-refractivity contribution is 9.10. The zero-order chi connectivity index (χ0) is 12.8. The van der Waals surface area contributed by atoms with E-state index < -0.39 is 0 Å². The second-order valence-electron chi connectivity index (χ2n) is 4.20. The molecule has 1 unspecified atom stereocenters. The first kappa shape index (κ1) is 14.2. The summed E-state index contributed by atoms with van der Waals surface area (Å²) in [6.07, 6.45) is 0.0712. The predicted molar refractivity (Wildman–Crippen MR) is 71.8 cm³/mol. The van der Waals surface area contributed by atoms with E-state index >= 15 is 0 Å². The Morgan fingerprint density at radius 2 is 2.12 bits per heavy atom. The lowest BCUT2D eigenvalue weighted by atomic mass is 10.1. The van der Waals surface area contributed by atoms with E-state index in [9.17, 15) is 4.79 Å². The summed E-state index contributed by atoms with van der Waals surface area (Å²) in [7, 11) is 0. The van der Waals surface area contributed by atoms with Gasteiger partial charge >= 0.3 is 0 Å². The Morgan fingerprint density at radius 1 is 1.41 bits per heavy atom. The minimum Gasteiger partial charge on any atom is -0.369 e. The van der Waals surface area contributed by atoms with Gasteiger partial charge in [-0.1, -0.05) is 28.1 Å². The van der Waals surface area contributed by atoms with Gasteiger partial charge in [-0.15, -0.1) is 0 Å². The van der Waals surface area contributed by atoms with E-state index in [0.717, 1.165) is 10.0 Å². The molecule has 0 spiro atoms. The topological polar surface area (TPSA) is 38.3 Å². The first-order valence-corrected chi connectivity index (χ1v) is 6.44. The summed E-state index contributed by atoms with van der Waals surface area (Å²) in [5, 5.41) is 2.89. The third kappa shape index (κ3) is 5.33. The Labute approximate surface area is 111 Å². The summed E-state index contributed by atoms with van der Waals surface area (Å²) in [5.41, 5.74) is 1.07. The Hall–Kier alpha value is -0.870. The van der Waals surface area contributed by atoms with Crippen LogP contribution in [0.4, 0.5) is 0 Å². The Balaban J connectivity index is 2.48. The van der Waals surface area contributed by atoms with Crippen LogP contribution in [-0.2, 0) is 9.53 Å². The largest absolute Gasteiger partial charge is 0.369 e. The summed E-state index contributed by atoms with van der Waals surface area (Å²) < 4.78 is 6.25.